The fourth-order valence-electron chi connectivity index (χ4n) is 6.65. The topological polar surface area (TPSA) is 20.3 Å². The molecule has 4 bridgehead atoms. The summed E-state index contributed by atoms with van der Waals surface area (Å²) >= 11 is 7.76. The van der Waals surface area contributed by atoms with Crippen LogP contribution in [-0.4, -0.2) is 22.1 Å². The average Bonchev–Trinajstić information content (AvgIpc) is 2.72. The smallest absolute Gasteiger partial charge is 0.233 e. The van der Waals surface area contributed by atoms with Gasteiger partial charge in [0, 0.05) is 22.9 Å². The van der Waals surface area contributed by atoms with E-state index >= 15 is 0 Å². The van der Waals surface area contributed by atoms with Gasteiger partial charge in [-0.1, -0.05) is 35.9 Å². The summed E-state index contributed by atoms with van der Waals surface area (Å²) in [7, 11) is 0. The molecule has 2 aromatic carbocycles. The Kier molecular flexibility index (Phi) is 6.04. The molecule has 0 radical (unpaired) electrons. The lowest BCUT2D eigenvalue weighted by atomic mass is 9.52. The maximum absolute atomic E-state index is 13.6. The molecule has 0 spiro atoms. The third-order valence-electron chi connectivity index (χ3n) is 7.52. The van der Waals surface area contributed by atoms with E-state index in [-0.39, 0.29) is 17.3 Å². The van der Waals surface area contributed by atoms with Crippen LogP contribution in [0.25, 0.3) is 0 Å². The molecule has 0 N–H and O–H groups in total. The van der Waals surface area contributed by atoms with E-state index in [2.05, 4.69) is 11.0 Å². The van der Waals surface area contributed by atoms with E-state index in [9.17, 15) is 9.18 Å². The molecule has 164 valence electrons. The summed E-state index contributed by atoms with van der Waals surface area (Å²) in [4.78, 5) is 15.8. The van der Waals surface area contributed by atoms with Crippen LogP contribution in [0.5, 0.6) is 0 Å². The Morgan fingerprint density at radius 1 is 1.00 bits per heavy atom. The monoisotopic (exact) mass is 457 g/mol. The third-order valence-corrected chi connectivity index (χ3v) is 8.74. The van der Waals surface area contributed by atoms with Gasteiger partial charge < -0.3 is 4.90 Å². The van der Waals surface area contributed by atoms with Crippen molar-refractivity contribution < 1.29 is 9.18 Å². The van der Waals surface area contributed by atoms with Gasteiger partial charge in [0.25, 0.3) is 0 Å². The second-order valence-electron chi connectivity index (χ2n) is 9.87. The van der Waals surface area contributed by atoms with Crippen LogP contribution in [0.4, 0.5) is 4.39 Å². The standard InChI is InChI=1S/C26H29ClFNOS/c27-23-3-1-2-19(11-23)16-31-17-25(30)29(15-18-4-6-24(28)7-5-18)26-12-20-8-21(13-26)10-22(9-20)14-26/h1-7,11,20-22H,8-10,12-17H2. The Labute approximate surface area is 193 Å². The summed E-state index contributed by atoms with van der Waals surface area (Å²) in [5.41, 5.74) is 2.16. The minimum absolute atomic E-state index is 0.00314. The molecule has 5 heteroatoms. The van der Waals surface area contributed by atoms with Gasteiger partial charge in [0.2, 0.25) is 5.91 Å². The minimum Gasteiger partial charge on any atom is -0.332 e. The van der Waals surface area contributed by atoms with Crippen molar-refractivity contribution in [3.8, 4) is 0 Å². The molecule has 31 heavy (non-hydrogen) atoms. The number of nitrogens with zero attached hydrogens (tertiary/aromatic N) is 1. The zero-order chi connectivity index (χ0) is 21.4. The summed E-state index contributed by atoms with van der Waals surface area (Å²) in [6.45, 7) is 0.586. The highest BCUT2D eigenvalue weighted by Crippen LogP contribution is 2.58. The summed E-state index contributed by atoms with van der Waals surface area (Å²) < 4.78 is 13.5. The second kappa shape index (κ2) is 8.78. The van der Waals surface area contributed by atoms with E-state index in [1.165, 1.54) is 31.4 Å². The Hall–Kier alpha value is -1.52. The lowest BCUT2D eigenvalue weighted by Crippen LogP contribution is -2.61. The quantitative estimate of drug-likeness (QED) is 0.460. The lowest BCUT2D eigenvalue weighted by molar-refractivity contribution is -0.149. The summed E-state index contributed by atoms with van der Waals surface area (Å²) in [6.07, 6.45) is 7.48. The van der Waals surface area contributed by atoms with Gasteiger partial charge in [-0.3, -0.25) is 4.79 Å². The Morgan fingerprint density at radius 3 is 2.26 bits per heavy atom. The van der Waals surface area contributed by atoms with E-state index in [0.29, 0.717) is 12.3 Å². The van der Waals surface area contributed by atoms with Crippen molar-refractivity contribution >= 4 is 29.3 Å². The third kappa shape index (κ3) is 4.66. The Bertz CT molecular complexity index is 911. The van der Waals surface area contributed by atoms with Crippen LogP contribution in [0.2, 0.25) is 5.02 Å². The normalized spacial score (nSPS) is 28.6. The highest BCUT2D eigenvalue weighted by molar-refractivity contribution is 7.99. The highest BCUT2D eigenvalue weighted by atomic mass is 35.5. The molecule has 0 unspecified atom stereocenters. The number of carbonyl (C=O) groups excluding carboxylic acids is 1. The number of rotatable bonds is 7. The second-order valence-corrected chi connectivity index (χ2v) is 11.3. The predicted octanol–water partition coefficient (Wildman–Crippen LogP) is 6.71. The largest absolute Gasteiger partial charge is 0.332 e. The van der Waals surface area contributed by atoms with E-state index in [1.807, 2.05) is 30.3 Å². The molecule has 0 saturated heterocycles. The van der Waals surface area contributed by atoms with Gasteiger partial charge in [-0.05, 0) is 91.7 Å². The number of halogens is 2. The van der Waals surface area contributed by atoms with Crippen molar-refractivity contribution in [2.24, 2.45) is 17.8 Å². The van der Waals surface area contributed by atoms with Crippen molar-refractivity contribution in [3.63, 3.8) is 0 Å². The van der Waals surface area contributed by atoms with Crippen molar-refractivity contribution in [3.05, 3.63) is 70.5 Å². The van der Waals surface area contributed by atoms with Gasteiger partial charge in [-0.2, -0.15) is 0 Å². The molecule has 2 nitrogen and oxygen atoms in total. The van der Waals surface area contributed by atoms with Gasteiger partial charge in [-0.25, -0.2) is 4.39 Å². The van der Waals surface area contributed by atoms with E-state index < -0.39 is 0 Å². The first-order chi connectivity index (χ1) is 15.0. The van der Waals surface area contributed by atoms with Crippen LogP contribution in [0.15, 0.2) is 48.5 Å². The molecule has 0 heterocycles. The maximum atomic E-state index is 13.6. The zero-order valence-electron chi connectivity index (χ0n) is 17.7. The number of carbonyl (C=O) groups is 1. The molecule has 4 aliphatic carbocycles. The number of hydrogen-bond acceptors (Lipinski definition) is 2. The zero-order valence-corrected chi connectivity index (χ0v) is 19.3. The Balaban J connectivity index is 1.33. The Morgan fingerprint density at radius 2 is 1.65 bits per heavy atom. The molecule has 4 aliphatic rings. The highest BCUT2D eigenvalue weighted by Gasteiger charge is 2.54. The van der Waals surface area contributed by atoms with E-state index in [1.54, 1.807) is 11.8 Å². The van der Waals surface area contributed by atoms with Gasteiger partial charge in [0.1, 0.15) is 5.82 Å². The van der Waals surface area contributed by atoms with Crippen molar-refractivity contribution in [1.29, 1.82) is 0 Å². The molecule has 1 amide bonds. The van der Waals surface area contributed by atoms with Gasteiger partial charge in [0.15, 0.2) is 0 Å². The summed E-state index contributed by atoms with van der Waals surface area (Å²) in [6, 6.07) is 14.5. The van der Waals surface area contributed by atoms with Gasteiger partial charge in [-0.15, -0.1) is 11.8 Å². The molecule has 0 aromatic heterocycles. The fraction of sp³-hybridized carbons (Fsp3) is 0.500. The van der Waals surface area contributed by atoms with Crippen LogP contribution in [0.1, 0.15) is 49.7 Å². The van der Waals surface area contributed by atoms with Crippen LogP contribution in [0, 0.1) is 23.6 Å². The van der Waals surface area contributed by atoms with Crippen molar-refractivity contribution in [1.82, 2.24) is 4.90 Å². The number of benzene rings is 2. The van der Waals surface area contributed by atoms with E-state index in [0.717, 1.165) is 58.9 Å². The summed E-state index contributed by atoms with van der Waals surface area (Å²) in [5.74, 6) is 3.55. The van der Waals surface area contributed by atoms with Crippen LogP contribution >= 0.6 is 23.4 Å². The first-order valence-electron chi connectivity index (χ1n) is 11.4. The maximum Gasteiger partial charge on any atom is 0.233 e. The van der Waals surface area contributed by atoms with Gasteiger partial charge >= 0.3 is 0 Å². The van der Waals surface area contributed by atoms with Crippen molar-refractivity contribution in [2.45, 2.75) is 56.4 Å². The van der Waals surface area contributed by atoms with Crippen LogP contribution in [-0.2, 0) is 17.1 Å². The molecule has 4 saturated carbocycles. The molecule has 0 atom stereocenters. The average molecular weight is 458 g/mol. The van der Waals surface area contributed by atoms with Crippen LogP contribution in [0.3, 0.4) is 0 Å². The minimum atomic E-state index is -0.228. The molecule has 2 aromatic rings. The molecular weight excluding hydrogens is 429 g/mol. The number of amides is 1. The first kappa shape index (κ1) is 21.3. The van der Waals surface area contributed by atoms with E-state index in [4.69, 9.17) is 11.6 Å². The molecule has 6 rings (SSSR count). The number of thioether (sulfide) groups is 1. The SMILES string of the molecule is O=C(CSCc1cccc(Cl)c1)N(Cc1ccc(F)cc1)C12CC3CC(CC(C3)C1)C2. The lowest BCUT2D eigenvalue weighted by Gasteiger charge is -2.60. The summed E-state index contributed by atoms with van der Waals surface area (Å²) in [5, 5.41) is 0.732. The van der Waals surface area contributed by atoms with Gasteiger partial charge in [0.05, 0.1) is 5.75 Å². The van der Waals surface area contributed by atoms with Crippen molar-refractivity contribution in [2.75, 3.05) is 5.75 Å². The fourth-order valence-corrected chi connectivity index (χ4v) is 7.71. The first-order valence-corrected chi connectivity index (χ1v) is 12.9. The molecular formula is C26H29ClFNOS. The molecule has 4 fully saturated rings. The number of hydrogen-bond donors (Lipinski definition) is 0. The predicted molar refractivity (Wildman–Crippen MR) is 125 cm³/mol. The van der Waals surface area contributed by atoms with Crippen LogP contribution < -0.4 is 0 Å². The molecule has 0 aliphatic heterocycles.